The van der Waals surface area contributed by atoms with E-state index in [9.17, 15) is 14.3 Å². The van der Waals surface area contributed by atoms with E-state index in [2.05, 4.69) is 10.2 Å². The summed E-state index contributed by atoms with van der Waals surface area (Å²) in [4.78, 5) is 13.8. The van der Waals surface area contributed by atoms with E-state index in [-0.39, 0.29) is 17.8 Å². The van der Waals surface area contributed by atoms with E-state index in [1.54, 1.807) is 12.1 Å². The highest BCUT2D eigenvalue weighted by Gasteiger charge is 2.43. The summed E-state index contributed by atoms with van der Waals surface area (Å²) >= 11 is 0. The lowest BCUT2D eigenvalue weighted by Gasteiger charge is -2.44. The van der Waals surface area contributed by atoms with Gasteiger partial charge in [-0.15, -0.1) is 0 Å². The maximum Gasteiger partial charge on any atom is 0.311 e. The molecule has 1 aromatic rings. The lowest BCUT2D eigenvalue weighted by atomic mass is 9.74. The summed E-state index contributed by atoms with van der Waals surface area (Å²) in [5, 5.41) is 12.7. The van der Waals surface area contributed by atoms with Gasteiger partial charge in [-0.25, -0.2) is 4.39 Å². The van der Waals surface area contributed by atoms with Crippen molar-refractivity contribution in [3.63, 3.8) is 0 Å². The summed E-state index contributed by atoms with van der Waals surface area (Å²) in [5.74, 6) is -1.86. The van der Waals surface area contributed by atoms with Crippen molar-refractivity contribution < 1.29 is 14.3 Å². The zero-order valence-corrected chi connectivity index (χ0v) is 10.8. The van der Waals surface area contributed by atoms with Gasteiger partial charge in [-0.05, 0) is 31.6 Å². The molecule has 0 aromatic heterocycles. The molecule has 0 bridgehead atoms. The first-order valence-corrected chi connectivity index (χ1v) is 6.54. The van der Waals surface area contributed by atoms with Gasteiger partial charge in [0.15, 0.2) is 0 Å². The Morgan fingerprint density at radius 3 is 3.05 bits per heavy atom. The zero-order valence-electron chi connectivity index (χ0n) is 10.8. The minimum Gasteiger partial charge on any atom is -0.481 e. The fourth-order valence-electron chi connectivity index (χ4n) is 3.35. The molecule has 3 unspecified atom stereocenters. The van der Waals surface area contributed by atoms with Crippen LogP contribution in [0.15, 0.2) is 18.2 Å². The Morgan fingerprint density at radius 2 is 2.32 bits per heavy atom. The van der Waals surface area contributed by atoms with Gasteiger partial charge in [-0.1, -0.05) is 12.1 Å². The number of halogens is 1. The van der Waals surface area contributed by atoms with Gasteiger partial charge in [-0.3, -0.25) is 4.79 Å². The maximum absolute atomic E-state index is 13.9. The van der Waals surface area contributed by atoms with Crippen molar-refractivity contribution in [2.45, 2.75) is 18.4 Å². The standard InChI is InChI=1S/C14H17FN2O2/c1-17-6-5-11-9(7-17)12(14(18)19)8-3-2-4-10(15)13(8)16-11/h2-4,9,11-12,16H,5-7H2,1H3,(H,18,19). The number of para-hydroxylation sites is 1. The van der Waals surface area contributed by atoms with E-state index in [1.165, 1.54) is 6.07 Å². The molecule has 0 aliphatic carbocycles. The second-order valence-corrected chi connectivity index (χ2v) is 5.49. The van der Waals surface area contributed by atoms with E-state index in [0.29, 0.717) is 11.3 Å². The number of aliphatic carboxylic acids is 1. The molecule has 19 heavy (non-hydrogen) atoms. The number of rotatable bonds is 1. The molecule has 0 saturated carbocycles. The van der Waals surface area contributed by atoms with Gasteiger partial charge in [0.05, 0.1) is 11.6 Å². The Morgan fingerprint density at radius 1 is 1.53 bits per heavy atom. The van der Waals surface area contributed by atoms with Crippen LogP contribution in [0.3, 0.4) is 0 Å². The van der Waals surface area contributed by atoms with Crippen LogP contribution in [0.4, 0.5) is 10.1 Å². The first kappa shape index (κ1) is 12.4. The van der Waals surface area contributed by atoms with Crippen molar-refractivity contribution in [1.82, 2.24) is 4.90 Å². The van der Waals surface area contributed by atoms with Crippen LogP contribution in [0.5, 0.6) is 0 Å². The molecule has 3 atom stereocenters. The van der Waals surface area contributed by atoms with Crippen LogP contribution in [0.1, 0.15) is 17.9 Å². The highest BCUT2D eigenvalue weighted by atomic mass is 19.1. The van der Waals surface area contributed by atoms with Gasteiger partial charge < -0.3 is 15.3 Å². The van der Waals surface area contributed by atoms with E-state index in [4.69, 9.17) is 0 Å². The average Bonchev–Trinajstić information content (AvgIpc) is 2.36. The van der Waals surface area contributed by atoms with Crippen LogP contribution < -0.4 is 5.32 Å². The molecule has 1 fully saturated rings. The molecule has 5 heteroatoms. The van der Waals surface area contributed by atoms with Crippen LogP contribution in [0.25, 0.3) is 0 Å². The molecule has 2 aliphatic rings. The third-order valence-corrected chi connectivity index (χ3v) is 4.27. The van der Waals surface area contributed by atoms with Crippen molar-refractivity contribution in [3.8, 4) is 0 Å². The summed E-state index contributed by atoms with van der Waals surface area (Å²) in [6, 6.07) is 4.72. The molecule has 1 aromatic carbocycles. The number of hydrogen-bond donors (Lipinski definition) is 2. The molecule has 4 nitrogen and oxygen atoms in total. The molecule has 2 N–H and O–H groups in total. The number of carbonyl (C=O) groups is 1. The highest BCUT2D eigenvalue weighted by Crippen LogP contribution is 2.42. The van der Waals surface area contributed by atoms with E-state index in [0.717, 1.165) is 19.5 Å². The average molecular weight is 264 g/mol. The lowest BCUT2D eigenvalue weighted by molar-refractivity contribution is -0.141. The summed E-state index contributed by atoms with van der Waals surface area (Å²) in [6.07, 6.45) is 0.846. The summed E-state index contributed by atoms with van der Waals surface area (Å²) in [7, 11) is 2.00. The number of likely N-dealkylation sites (tertiary alicyclic amines) is 1. The molecular weight excluding hydrogens is 247 g/mol. The van der Waals surface area contributed by atoms with Crippen molar-refractivity contribution in [1.29, 1.82) is 0 Å². The molecular formula is C14H17FN2O2. The third-order valence-electron chi connectivity index (χ3n) is 4.27. The SMILES string of the molecule is CN1CCC2Nc3c(F)cccc3C(C(=O)O)C2C1. The molecule has 0 spiro atoms. The third kappa shape index (κ3) is 1.98. The predicted octanol–water partition coefficient (Wildman–Crippen LogP) is 1.74. The normalized spacial score (nSPS) is 30.1. The molecule has 2 aliphatic heterocycles. The molecule has 102 valence electrons. The number of nitrogens with zero attached hydrogens (tertiary/aromatic N) is 1. The monoisotopic (exact) mass is 264 g/mol. The van der Waals surface area contributed by atoms with Crippen molar-refractivity contribution in [2.75, 3.05) is 25.5 Å². The van der Waals surface area contributed by atoms with Crippen molar-refractivity contribution >= 4 is 11.7 Å². The zero-order chi connectivity index (χ0) is 13.6. The fraction of sp³-hybridized carbons (Fsp3) is 0.500. The van der Waals surface area contributed by atoms with Crippen LogP contribution >= 0.6 is 0 Å². The fourth-order valence-corrected chi connectivity index (χ4v) is 3.35. The number of carboxylic acids is 1. The Hall–Kier alpha value is -1.62. The highest BCUT2D eigenvalue weighted by molar-refractivity contribution is 5.81. The second kappa shape index (κ2) is 4.49. The number of carboxylic acid groups (broad SMARTS) is 1. The smallest absolute Gasteiger partial charge is 0.311 e. The predicted molar refractivity (Wildman–Crippen MR) is 69.8 cm³/mol. The van der Waals surface area contributed by atoms with E-state index in [1.807, 2.05) is 7.05 Å². The van der Waals surface area contributed by atoms with Gasteiger partial charge in [0.1, 0.15) is 5.82 Å². The van der Waals surface area contributed by atoms with E-state index >= 15 is 0 Å². The van der Waals surface area contributed by atoms with Gasteiger partial charge >= 0.3 is 5.97 Å². The van der Waals surface area contributed by atoms with Crippen molar-refractivity contribution in [3.05, 3.63) is 29.6 Å². The van der Waals surface area contributed by atoms with Gasteiger partial charge in [0, 0.05) is 18.5 Å². The van der Waals surface area contributed by atoms with E-state index < -0.39 is 11.9 Å². The van der Waals surface area contributed by atoms with Gasteiger partial charge in [-0.2, -0.15) is 0 Å². The molecule has 0 radical (unpaired) electrons. The topological polar surface area (TPSA) is 52.6 Å². The molecule has 0 amide bonds. The number of piperidine rings is 1. The second-order valence-electron chi connectivity index (χ2n) is 5.49. The lowest BCUT2D eigenvalue weighted by Crippen LogP contribution is -2.51. The molecule has 1 saturated heterocycles. The Bertz CT molecular complexity index is 520. The number of fused-ring (bicyclic) bond motifs is 2. The van der Waals surface area contributed by atoms with Crippen LogP contribution in [-0.4, -0.2) is 42.2 Å². The Balaban J connectivity index is 2.07. The largest absolute Gasteiger partial charge is 0.481 e. The molecule has 2 heterocycles. The first-order chi connectivity index (χ1) is 9.08. The van der Waals surface area contributed by atoms with Gasteiger partial charge in [0.2, 0.25) is 0 Å². The minimum absolute atomic E-state index is 0.00875. The number of hydrogen-bond acceptors (Lipinski definition) is 3. The Labute approximate surface area is 111 Å². The summed E-state index contributed by atoms with van der Waals surface area (Å²) in [5.41, 5.74) is 0.949. The molecule has 3 rings (SSSR count). The first-order valence-electron chi connectivity index (χ1n) is 6.54. The quantitative estimate of drug-likeness (QED) is 0.811. The number of anilines is 1. The van der Waals surface area contributed by atoms with Crippen molar-refractivity contribution in [2.24, 2.45) is 5.92 Å². The summed E-state index contributed by atoms with van der Waals surface area (Å²) in [6.45, 7) is 1.63. The van der Waals surface area contributed by atoms with Crippen LogP contribution in [0.2, 0.25) is 0 Å². The maximum atomic E-state index is 13.9. The Kier molecular flexibility index (Phi) is 2.93. The summed E-state index contributed by atoms with van der Waals surface area (Å²) < 4.78 is 13.9. The van der Waals surface area contributed by atoms with Crippen LogP contribution in [-0.2, 0) is 4.79 Å². The number of benzene rings is 1. The van der Waals surface area contributed by atoms with Gasteiger partial charge in [0.25, 0.3) is 0 Å². The van der Waals surface area contributed by atoms with Crippen LogP contribution in [0, 0.1) is 11.7 Å². The number of nitrogens with one attached hydrogen (secondary N) is 1. The minimum atomic E-state index is -0.862.